The summed E-state index contributed by atoms with van der Waals surface area (Å²) in [6.07, 6.45) is 19.9. The summed E-state index contributed by atoms with van der Waals surface area (Å²) in [5, 5.41) is 0. The van der Waals surface area contributed by atoms with Gasteiger partial charge in [0.15, 0.2) is 0 Å². The number of fused-ring (bicyclic) bond motifs is 4. The van der Waals surface area contributed by atoms with E-state index >= 15 is 0 Å². The second-order valence-electron chi connectivity index (χ2n) is 10.3. The van der Waals surface area contributed by atoms with Gasteiger partial charge >= 0.3 is 0 Å². The zero-order valence-corrected chi connectivity index (χ0v) is 24.7. The van der Waals surface area contributed by atoms with Crippen LogP contribution in [0.25, 0.3) is 11.1 Å². The molecule has 5 heterocycles. The fourth-order valence-corrected chi connectivity index (χ4v) is 5.45. The van der Waals surface area contributed by atoms with Gasteiger partial charge in [-0.05, 0) is 96.2 Å². The Morgan fingerprint density at radius 3 is 1.16 bits per heavy atom. The molecule has 0 unspecified atom stereocenters. The Balaban J connectivity index is 1.43. The van der Waals surface area contributed by atoms with Crippen molar-refractivity contribution in [2.24, 2.45) is 20.0 Å². The fourth-order valence-electron chi connectivity index (χ4n) is 5.45. The van der Waals surface area contributed by atoms with Crippen molar-refractivity contribution in [1.29, 1.82) is 0 Å². The maximum Gasteiger partial charge on any atom is 0.123 e. The number of methoxy groups -OCH3 is 4. The zero-order chi connectivity index (χ0) is 30.2. The van der Waals surface area contributed by atoms with Crippen LogP contribution in [-0.2, 0) is 0 Å². The lowest BCUT2D eigenvalue weighted by molar-refractivity contribution is 0.394. The van der Waals surface area contributed by atoms with E-state index in [0.717, 1.165) is 67.9 Å². The lowest BCUT2D eigenvalue weighted by Gasteiger charge is -2.13. The van der Waals surface area contributed by atoms with Crippen LogP contribution < -0.4 is 18.9 Å². The molecule has 0 amide bonds. The SMILES string of the molecule is COc1cc(OC)cc(C2=C3C=CC(=N3)C=C3C=CC(=N3)C(c3cc(OC)cc(OC)c3)=C3C=CC(=N3)C=C3C=CC2=N3)c1. The Morgan fingerprint density at radius 2 is 0.795 bits per heavy atom. The molecule has 0 saturated heterocycles. The highest BCUT2D eigenvalue weighted by molar-refractivity contribution is 6.34. The molecule has 0 spiro atoms. The summed E-state index contributed by atoms with van der Waals surface area (Å²) in [6, 6.07) is 11.6. The molecule has 0 radical (unpaired) electrons. The number of rotatable bonds is 6. The van der Waals surface area contributed by atoms with Crippen LogP contribution in [0, 0.1) is 0 Å². The molecule has 7 rings (SSSR count). The number of aliphatic imine (C=N–C) groups is 4. The van der Waals surface area contributed by atoms with E-state index in [9.17, 15) is 0 Å². The van der Waals surface area contributed by atoms with Crippen LogP contribution in [0.15, 0.2) is 140 Å². The molecule has 8 bridgehead atoms. The Hall–Kier alpha value is -5.76. The number of benzene rings is 2. The number of nitrogens with zero attached hydrogens (tertiary/aromatic N) is 4. The Labute approximate surface area is 255 Å². The molecular formula is C36H28N4O4. The summed E-state index contributed by atoms with van der Waals surface area (Å²) < 4.78 is 22.3. The van der Waals surface area contributed by atoms with Gasteiger partial charge in [0.1, 0.15) is 23.0 Å². The van der Waals surface area contributed by atoms with Gasteiger partial charge in [-0.3, -0.25) is 0 Å². The number of hydrogen-bond acceptors (Lipinski definition) is 8. The van der Waals surface area contributed by atoms with Gasteiger partial charge in [0.25, 0.3) is 0 Å². The van der Waals surface area contributed by atoms with Gasteiger partial charge in [-0.25, -0.2) is 20.0 Å². The fraction of sp³-hybridized carbons (Fsp3) is 0.111. The third kappa shape index (κ3) is 5.07. The molecule has 0 N–H and O–H groups in total. The molecule has 5 aliphatic rings. The second-order valence-corrected chi connectivity index (χ2v) is 10.3. The Morgan fingerprint density at radius 1 is 0.409 bits per heavy atom. The number of allylic oxidation sites excluding steroid dienone is 12. The number of ether oxygens (including phenoxy) is 4. The van der Waals surface area contributed by atoms with Gasteiger partial charge in [0.2, 0.25) is 0 Å². The summed E-state index contributed by atoms with van der Waals surface area (Å²) >= 11 is 0. The average molecular weight is 581 g/mol. The van der Waals surface area contributed by atoms with Crippen LogP contribution in [-0.4, -0.2) is 51.3 Å². The average Bonchev–Trinajstić information content (AvgIpc) is 3.87. The van der Waals surface area contributed by atoms with Crippen LogP contribution in [0.4, 0.5) is 0 Å². The van der Waals surface area contributed by atoms with Crippen molar-refractivity contribution in [1.82, 2.24) is 0 Å². The molecule has 2 aromatic rings. The van der Waals surface area contributed by atoms with E-state index in [1.165, 1.54) is 0 Å². The third-order valence-corrected chi connectivity index (χ3v) is 7.54. The van der Waals surface area contributed by atoms with Crippen molar-refractivity contribution in [2.45, 2.75) is 0 Å². The molecule has 0 fully saturated rings. The lowest BCUT2D eigenvalue weighted by Crippen LogP contribution is -2.02. The van der Waals surface area contributed by atoms with Gasteiger partial charge in [-0.15, -0.1) is 0 Å². The highest BCUT2D eigenvalue weighted by atomic mass is 16.5. The summed E-state index contributed by atoms with van der Waals surface area (Å²) in [5.74, 6) is 2.72. The van der Waals surface area contributed by atoms with E-state index < -0.39 is 0 Å². The van der Waals surface area contributed by atoms with Crippen LogP contribution in [0.5, 0.6) is 23.0 Å². The van der Waals surface area contributed by atoms with Crippen molar-refractivity contribution in [3.63, 3.8) is 0 Å². The third-order valence-electron chi connectivity index (χ3n) is 7.54. The van der Waals surface area contributed by atoms with E-state index in [1.54, 1.807) is 28.4 Å². The molecule has 0 aromatic heterocycles. The molecule has 0 atom stereocenters. The Bertz CT molecular complexity index is 1800. The largest absolute Gasteiger partial charge is 0.497 e. The predicted molar refractivity (Wildman–Crippen MR) is 175 cm³/mol. The maximum absolute atomic E-state index is 5.57. The topological polar surface area (TPSA) is 86.4 Å². The van der Waals surface area contributed by atoms with E-state index in [0.29, 0.717) is 23.0 Å². The van der Waals surface area contributed by atoms with Crippen LogP contribution in [0.1, 0.15) is 11.1 Å². The molecule has 44 heavy (non-hydrogen) atoms. The minimum absolute atomic E-state index is 0.679. The summed E-state index contributed by atoms with van der Waals surface area (Å²) in [4.78, 5) is 20.0. The minimum atomic E-state index is 0.679. The predicted octanol–water partition coefficient (Wildman–Crippen LogP) is 6.67. The van der Waals surface area contributed by atoms with Crippen molar-refractivity contribution in [3.05, 3.63) is 131 Å². The minimum Gasteiger partial charge on any atom is -0.497 e. The van der Waals surface area contributed by atoms with Crippen molar-refractivity contribution in [3.8, 4) is 23.0 Å². The first kappa shape index (κ1) is 27.1. The molecule has 5 aliphatic heterocycles. The normalized spacial score (nSPS) is 17.8. The van der Waals surface area contributed by atoms with Crippen molar-refractivity contribution >= 4 is 34.0 Å². The molecular weight excluding hydrogens is 552 g/mol. The molecule has 2 aromatic carbocycles. The molecule has 8 nitrogen and oxygen atoms in total. The highest BCUT2D eigenvalue weighted by Crippen LogP contribution is 2.36. The van der Waals surface area contributed by atoms with E-state index in [-0.39, 0.29) is 0 Å². The monoisotopic (exact) mass is 580 g/mol. The maximum atomic E-state index is 5.57. The van der Waals surface area contributed by atoms with Crippen molar-refractivity contribution in [2.75, 3.05) is 28.4 Å². The van der Waals surface area contributed by atoms with Crippen LogP contribution >= 0.6 is 0 Å². The van der Waals surface area contributed by atoms with Gasteiger partial charge < -0.3 is 18.9 Å². The van der Waals surface area contributed by atoms with E-state index in [2.05, 4.69) is 0 Å². The van der Waals surface area contributed by atoms with Crippen molar-refractivity contribution < 1.29 is 18.9 Å². The van der Waals surface area contributed by atoms with Crippen LogP contribution in [0.3, 0.4) is 0 Å². The summed E-state index contributed by atoms with van der Waals surface area (Å²) in [6.45, 7) is 0. The van der Waals surface area contributed by atoms with E-state index in [4.69, 9.17) is 38.9 Å². The lowest BCUT2D eigenvalue weighted by atomic mass is 9.98. The van der Waals surface area contributed by atoms with Gasteiger partial charge in [0.05, 0.1) is 74.1 Å². The van der Waals surface area contributed by atoms with Crippen LogP contribution in [0.2, 0.25) is 0 Å². The smallest absolute Gasteiger partial charge is 0.123 e. The number of hydrogen-bond donors (Lipinski definition) is 0. The van der Waals surface area contributed by atoms with E-state index in [1.807, 2.05) is 97.2 Å². The molecule has 0 aliphatic carbocycles. The molecule has 216 valence electrons. The molecule has 0 saturated carbocycles. The Kier molecular flexibility index (Phi) is 6.86. The standard InChI is InChI=1S/C36H28N4O4/c1-41-27-13-21(14-28(19-27)42-2)35-31-9-5-23(37-31)17-25-7-11-33(39-25)36(22-15-29(43-3)20-30(16-22)44-4)34-12-8-26(40-34)18-24-6-10-32(35)38-24/h5-20H,1-4H3. The van der Waals surface area contributed by atoms with Gasteiger partial charge in [-0.2, -0.15) is 0 Å². The summed E-state index contributed by atoms with van der Waals surface area (Å²) in [5.41, 5.74) is 9.72. The first-order valence-electron chi connectivity index (χ1n) is 14.0. The van der Waals surface area contributed by atoms with Gasteiger partial charge in [0, 0.05) is 23.3 Å². The summed E-state index contributed by atoms with van der Waals surface area (Å²) in [7, 11) is 6.55. The first-order valence-corrected chi connectivity index (χ1v) is 14.0. The zero-order valence-electron chi connectivity index (χ0n) is 24.7. The van der Waals surface area contributed by atoms with Gasteiger partial charge in [-0.1, -0.05) is 0 Å². The quantitative estimate of drug-likeness (QED) is 0.382. The molecule has 8 heteroatoms. The highest BCUT2D eigenvalue weighted by Gasteiger charge is 2.23. The first-order chi connectivity index (χ1) is 21.5. The second kappa shape index (κ2) is 11.1.